The van der Waals surface area contributed by atoms with E-state index in [1.807, 2.05) is 0 Å². The summed E-state index contributed by atoms with van der Waals surface area (Å²) in [5.41, 5.74) is 0.425. The van der Waals surface area contributed by atoms with Gasteiger partial charge in [0, 0.05) is 5.69 Å². The Bertz CT molecular complexity index is 1130. The van der Waals surface area contributed by atoms with E-state index in [0.717, 1.165) is 0 Å². The number of nitrogens with one attached hydrogen (secondary N) is 1. The van der Waals surface area contributed by atoms with Crippen LogP contribution in [0.1, 0.15) is 31.1 Å². The van der Waals surface area contributed by atoms with E-state index in [9.17, 15) is 18.8 Å². The van der Waals surface area contributed by atoms with Gasteiger partial charge in [-0.3, -0.25) is 4.79 Å². The van der Waals surface area contributed by atoms with E-state index in [0.29, 0.717) is 11.4 Å². The quantitative estimate of drug-likeness (QED) is 0.590. The van der Waals surface area contributed by atoms with Gasteiger partial charge in [-0.25, -0.2) is 14.0 Å². The number of hydrogen-bond acceptors (Lipinski definition) is 6. The third-order valence-electron chi connectivity index (χ3n) is 4.27. The fraction of sp³-hybridized carbons (Fsp3) is 0.0870. The minimum Gasteiger partial charge on any atom is -0.465 e. The standard InChI is InChI=1S/C23H18FNO6/c1-29-22(27)17-12-11-16(13-19(17)23(28)30-2)31-15-9-7-14(8-10-15)25-21(26)18-5-3-4-6-20(18)24/h3-13H,1-2H3,(H,25,26). The fourth-order valence-corrected chi connectivity index (χ4v) is 2.74. The maximum absolute atomic E-state index is 13.7. The Morgan fingerprint density at radius 1 is 0.742 bits per heavy atom. The van der Waals surface area contributed by atoms with Gasteiger partial charge >= 0.3 is 11.9 Å². The molecule has 3 rings (SSSR count). The second-order valence-corrected chi connectivity index (χ2v) is 6.25. The molecule has 1 N–H and O–H groups in total. The van der Waals surface area contributed by atoms with Crippen molar-refractivity contribution in [2.24, 2.45) is 0 Å². The summed E-state index contributed by atoms with van der Waals surface area (Å²) in [6, 6.07) is 16.3. The molecule has 0 aromatic heterocycles. The number of methoxy groups -OCH3 is 2. The number of hydrogen-bond donors (Lipinski definition) is 1. The summed E-state index contributed by atoms with van der Waals surface area (Å²) in [6.07, 6.45) is 0. The lowest BCUT2D eigenvalue weighted by Gasteiger charge is -2.11. The molecule has 7 nitrogen and oxygen atoms in total. The second kappa shape index (κ2) is 9.53. The molecule has 3 aromatic carbocycles. The first kappa shape index (κ1) is 21.5. The Labute approximate surface area is 177 Å². The van der Waals surface area contributed by atoms with E-state index in [1.54, 1.807) is 30.3 Å². The van der Waals surface area contributed by atoms with Crippen molar-refractivity contribution < 1.29 is 33.0 Å². The molecule has 0 radical (unpaired) electrons. The topological polar surface area (TPSA) is 90.9 Å². The predicted molar refractivity (Wildman–Crippen MR) is 110 cm³/mol. The summed E-state index contributed by atoms with van der Waals surface area (Å²) in [4.78, 5) is 36.0. The number of halogens is 1. The molecule has 0 unspecified atom stereocenters. The number of benzene rings is 3. The van der Waals surface area contributed by atoms with Crippen LogP contribution in [-0.2, 0) is 9.47 Å². The van der Waals surface area contributed by atoms with Crippen LogP contribution >= 0.6 is 0 Å². The Hall–Kier alpha value is -4.20. The molecule has 0 aliphatic carbocycles. The summed E-state index contributed by atoms with van der Waals surface area (Å²) in [7, 11) is 2.41. The molecule has 31 heavy (non-hydrogen) atoms. The lowest BCUT2D eigenvalue weighted by atomic mass is 10.1. The zero-order chi connectivity index (χ0) is 22.4. The van der Waals surface area contributed by atoms with Crippen molar-refractivity contribution in [3.05, 3.63) is 89.2 Å². The lowest BCUT2D eigenvalue weighted by Crippen LogP contribution is -2.13. The first-order valence-corrected chi connectivity index (χ1v) is 9.07. The SMILES string of the molecule is COC(=O)c1ccc(Oc2ccc(NC(=O)c3ccccc3F)cc2)cc1C(=O)OC. The molecule has 0 spiro atoms. The van der Waals surface area contributed by atoms with E-state index in [2.05, 4.69) is 10.1 Å². The summed E-state index contributed by atoms with van der Waals surface area (Å²) >= 11 is 0. The molecule has 1 amide bonds. The molecule has 0 heterocycles. The van der Waals surface area contributed by atoms with Crippen molar-refractivity contribution in [2.45, 2.75) is 0 Å². The number of anilines is 1. The first-order valence-electron chi connectivity index (χ1n) is 9.07. The van der Waals surface area contributed by atoms with Gasteiger partial charge in [0.05, 0.1) is 30.9 Å². The van der Waals surface area contributed by atoms with Crippen LogP contribution in [0.15, 0.2) is 66.7 Å². The van der Waals surface area contributed by atoms with Gasteiger partial charge in [0.1, 0.15) is 17.3 Å². The Morgan fingerprint density at radius 2 is 1.35 bits per heavy atom. The van der Waals surface area contributed by atoms with Gasteiger partial charge in [-0.15, -0.1) is 0 Å². The highest BCUT2D eigenvalue weighted by Crippen LogP contribution is 2.26. The normalized spacial score (nSPS) is 10.2. The summed E-state index contributed by atoms with van der Waals surface area (Å²) < 4.78 is 28.8. The third-order valence-corrected chi connectivity index (χ3v) is 4.27. The van der Waals surface area contributed by atoms with Gasteiger partial charge in [-0.05, 0) is 54.6 Å². The van der Waals surface area contributed by atoms with Gasteiger partial charge in [-0.2, -0.15) is 0 Å². The Balaban J connectivity index is 1.75. The molecule has 0 aliphatic rings. The van der Waals surface area contributed by atoms with E-state index in [1.165, 1.54) is 50.6 Å². The highest BCUT2D eigenvalue weighted by Gasteiger charge is 2.19. The average Bonchev–Trinajstić information content (AvgIpc) is 2.79. The maximum atomic E-state index is 13.7. The van der Waals surface area contributed by atoms with E-state index in [4.69, 9.17) is 9.47 Å². The summed E-state index contributed by atoms with van der Waals surface area (Å²) in [6.45, 7) is 0. The summed E-state index contributed by atoms with van der Waals surface area (Å²) in [5.74, 6) is -1.88. The van der Waals surface area contributed by atoms with Crippen LogP contribution in [0.4, 0.5) is 10.1 Å². The second-order valence-electron chi connectivity index (χ2n) is 6.25. The largest absolute Gasteiger partial charge is 0.465 e. The zero-order valence-corrected chi connectivity index (χ0v) is 16.7. The Morgan fingerprint density at radius 3 is 2.00 bits per heavy atom. The van der Waals surface area contributed by atoms with Crippen LogP contribution in [0.2, 0.25) is 0 Å². The zero-order valence-electron chi connectivity index (χ0n) is 16.7. The number of carbonyl (C=O) groups is 3. The van der Waals surface area contributed by atoms with E-state index in [-0.39, 0.29) is 22.4 Å². The molecule has 0 bridgehead atoms. The number of rotatable bonds is 6. The number of carbonyl (C=O) groups excluding carboxylic acids is 3. The molecule has 3 aromatic rings. The predicted octanol–water partition coefficient (Wildman–Crippen LogP) is 4.44. The lowest BCUT2D eigenvalue weighted by molar-refractivity contribution is 0.0555. The van der Waals surface area contributed by atoms with Crippen molar-refractivity contribution in [2.75, 3.05) is 19.5 Å². The highest BCUT2D eigenvalue weighted by molar-refractivity contribution is 6.04. The third kappa shape index (κ3) is 5.05. The number of amides is 1. The average molecular weight is 423 g/mol. The van der Waals surface area contributed by atoms with Crippen LogP contribution < -0.4 is 10.1 Å². The van der Waals surface area contributed by atoms with E-state index >= 15 is 0 Å². The molecule has 8 heteroatoms. The van der Waals surface area contributed by atoms with Crippen molar-refractivity contribution in [1.29, 1.82) is 0 Å². The highest BCUT2D eigenvalue weighted by atomic mass is 19.1. The van der Waals surface area contributed by atoms with Crippen molar-refractivity contribution >= 4 is 23.5 Å². The van der Waals surface area contributed by atoms with Crippen LogP contribution in [0.3, 0.4) is 0 Å². The fourth-order valence-electron chi connectivity index (χ4n) is 2.74. The molecule has 0 saturated carbocycles. The molecule has 158 valence electrons. The van der Waals surface area contributed by atoms with Gasteiger partial charge in [0.25, 0.3) is 5.91 Å². The number of esters is 2. The molecular weight excluding hydrogens is 405 g/mol. The smallest absolute Gasteiger partial charge is 0.338 e. The van der Waals surface area contributed by atoms with Crippen LogP contribution in [0.25, 0.3) is 0 Å². The minimum absolute atomic E-state index is 0.000575. The summed E-state index contributed by atoms with van der Waals surface area (Å²) in [5, 5.41) is 2.60. The van der Waals surface area contributed by atoms with Crippen LogP contribution in [0, 0.1) is 5.82 Å². The maximum Gasteiger partial charge on any atom is 0.338 e. The molecular formula is C23H18FNO6. The van der Waals surface area contributed by atoms with Crippen molar-refractivity contribution in [1.82, 2.24) is 0 Å². The molecule has 0 fully saturated rings. The first-order chi connectivity index (χ1) is 14.9. The molecule has 0 saturated heterocycles. The Kier molecular flexibility index (Phi) is 6.61. The van der Waals surface area contributed by atoms with E-state index < -0.39 is 23.7 Å². The monoisotopic (exact) mass is 423 g/mol. The van der Waals surface area contributed by atoms with Crippen molar-refractivity contribution in [3.63, 3.8) is 0 Å². The van der Waals surface area contributed by atoms with Gasteiger partial charge in [0.2, 0.25) is 0 Å². The van der Waals surface area contributed by atoms with Gasteiger partial charge in [-0.1, -0.05) is 12.1 Å². The van der Waals surface area contributed by atoms with Gasteiger partial charge < -0.3 is 19.5 Å². The number of ether oxygens (including phenoxy) is 3. The van der Waals surface area contributed by atoms with Crippen molar-refractivity contribution in [3.8, 4) is 11.5 Å². The minimum atomic E-state index is -0.711. The molecule has 0 aliphatic heterocycles. The van der Waals surface area contributed by atoms with Crippen LogP contribution in [0.5, 0.6) is 11.5 Å². The van der Waals surface area contributed by atoms with Crippen LogP contribution in [-0.4, -0.2) is 32.1 Å². The molecule has 0 atom stereocenters. The van der Waals surface area contributed by atoms with Gasteiger partial charge in [0.15, 0.2) is 0 Å².